The third-order valence-corrected chi connectivity index (χ3v) is 11.8. The van der Waals surface area contributed by atoms with Crippen LogP contribution in [-0.2, 0) is 5.41 Å². The van der Waals surface area contributed by atoms with E-state index in [1.807, 2.05) is 60.7 Å². The highest BCUT2D eigenvalue weighted by atomic mass is 32.1. The lowest BCUT2D eigenvalue weighted by atomic mass is 9.67. The Balaban J connectivity index is 1.21. The van der Waals surface area contributed by atoms with Gasteiger partial charge in [0.25, 0.3) is 0 Å². The molecule has 0 bridgehead atoms. The van der Waals surface area contributed by atoms with Gasteiger partial charge in [-0.05, 0) is 56.6 Å². The summed E-state index contributed by atoms with van der Waals surface area (Å²) in [5.41, 5.74) is 3.25. The first-order chi connectivity index (χ1) is 31.9. The lowest BCUT2D eigenvalue weighted by Gasteiger charge is -2.33. The Morgan fingerprint density at radius 1 is 0.429 bits per heavy atom. The van der Waals surface area contributed by atoms with Gasteiger partial charge in [-0.1, -0.05) is 188 Å². The lowest BCUT2D eigenvalue weighted by Crippen LogP contribution is -2.28. The van der Waals surface area contributed by atoms with Gasteiger partial charge in [-0.3, -0.25) is 0 Å². The smallest absolute Gasteiger partial charge is 0.164 e. The predicted octanol–water partition coefficient (Wildman–Crippen LogP) is 13.3. The summed E-state index contributed by atoms with van der Waals surface area (Å²) in [4.78, 5) is 15.3. The molecular formula is C52H33N3S. The fourth-order valence-electron chi connectivity index (χ4n) is 8.20. The van der Waals surface area contributed by atoms with E-state index in [2.05, 4.69) is 48.5 Å². The molecule has 0 unspecified atom stereocenters. The number of fused-ring (bicyclic) bond motifs is 6. The molecule has 1 aliphatic carbocycles. The van der Waals surface area contributed by atoms with Crippen molar-refractivity contribution in [3.05, 3.63) is 222 Å². The van der Waals surface area contributed by atoms with E-state index in [-0.39, 0.29) is 17.0 Å². The van der Waals surface area contributed by atoms with E-state index in [1.54, 1.807) is 41.7 Å². The van der Waals surface area contributed by atoms with Crippen LogP contribution in [-0.4, -0.2) is 15.0 Å². The minimum absolute atomic E-state index is 0.248. The predicted molar refractivity (Wildman–Crippen MR) is 232 cm³/mol. The van der Waals surface area contributed by atoms with Crippen LogP contribution in [0.2, 0.25) is 0 Å². The Labute approximate surface area is 343 Å². The zero-order valence-electron chi connectivity index (χ0n) is 39.5. The maximum absolute atomic E-state index is 9.41. The van der Waals surface area contributed by atoms with Gasteiger partial charge in [0.1, 0.15) is 0 Å². The van der Waals surface area contributed by atoms with Crippen molar-refractivity contribution >= 4 is 31.5 Å². The first-order valence-electron chi connectivity index (χ1n) is 23.1. The lowest BCUT2D eigenvalue weighted by molar-refractivity contribution is 0.768. The van der Waals surface area contributed by atoms with Crippen molar-refractivity contribution in [2.24, 2.45) is 0 Å². The molecule has 3 nitrogen and oxygen atoms in total. The van der Waals surface area contributed by atoms with Gasteiger partial charge in [0, 0.05) is 36.9 Å². The zero-order chi connectivity index (χ0) is 45.8. The highest BCUT2D eigenvalue weighted by molar-refractivity contribution is 7.26. The molecule has 0 radical (unpaired) electrons. The molecule has 0 fully saturated rings. The van der Waals surface area contributed by atoms with Crippen LogP contribution >= 0.6 is 11.3 Å². The van der Waals surface area contributed by atoms with Crippen LogP contribution in [0.3, 0.4) is 0 Å². The molecule has 56 heavy (non-hydrogen) atoms. The number of rotatable bonds is 6. The van der Waals surface area contributed by atoms with E-state index < -0.39 is 65.8 Å². The van der Waals surface area contributed by atoms with Gasteiger partial charge in [0.2, 0.25) is 0 Å². The molecule has 4 heteroatoms. The van der Waals surface area contributed by atoms with Crippen molar-refractivity contribution in [1.29, 1.82) is 0 Å². The largest absolute Gasteiger partial charge is 0.208 e. The average molecular weight is 742 g/mol. The fraction of sp³-hybridized carbons (Fsp3) is 0.0192. The summed E-state index contributed by atoms with van der Waals surface area (Å²) in [7, 11) is 0. The number of aromatic nitrogens is 3. The van der Waals surface area contributed by atoms with Crippen molar-refractivity contribution in [2.75, 3.05) is 0 Å². The normalized spacial score (nSPS) is 15.3. The maximum Gasteiger partial charge on any atom is 0.164 e. The Bertz CT molecular complexity index is 3560. The van der Waals surface area contributed by atoms with E-state index in [1.165, 1.54) is 15.5 Å². The highest BCUT2D eigenvalue weighted by Gasteiger charge is 2.47. The van der Waals surface area contributed by atoms with Crippen molar-refractivity contribution in [2.45, 2.75) is 5.41 Å². The quantitative estimate of drug-likeness (QED) is 0.170. The Morgan fingerprint density at radius 3 is 1.79 bits per heavy atom. The SMILES string of the molecule is [2H]c1c([2H])c([2H])c(C2(c3c([2H])c([2H])c([2H])c([2H])c3[2H])c3ccccc3-c3c(-c4nc(-c5ccccc5)nc(-c5cccc(-c6cccc7c6sc6ccccc67)c5)n4)cccc32)c([2H])c1[2H]. The van der Waals surface area contributed by atoms with Crippen LogP contribution in [0.5, 0.6) is 0 Å². The monoisotopic (exact) mass is 741 g/mol. The van der Waals surface area contributed by atoms with Gasteiger partial charge >= 0.3 is 0 Å². The van der Waals surface area contributed by atoms with Gasteiger partial charge in [0.15, 0.2) is 17.5 Å². The van der Waals surface area contributed by atoms with Crippen LogP contribution in [0.25, 0.3) is 76.6 Å². The maximum atomic E-state index is 9.41. The second-order valence-electron chi connectivity index (χ2n) is 13.6. The molecule has 2 aromatic heterocycles. The summed E-state index contributed by atoms with van der Waals surface area (Å²) in [6.07, 6.45) is 0. The fourth-order valence-corrected chi connectivity index (χ4v) is 9.43. The second-order valence-corrected chi connectivity index (χ2v) is 14.6. The van der Waals surface area contributed by atoms with Crippen molar-refractivity contribution in [3.63, 3.8) is 0 Å². The standard InChI is InChI=1S/C52H33N3S/c1-4-17-34(18-5-1)49-53-50(36-20-14-19-35(33-36)39-27-15-28-41-40-25-11-13-32-46(40)56-48(39)41)55-51(54-49)43-29-16-31-45-47(43)42-26-10-12-30-44(42)52(45,37-21-6-2-7-22-37)38-23-8-3-9-24-38/h1-33H/i2D,3D,6D,7D,8D,9D,21D,22D,23D,24D. The highest BCUT2D eigenvalue weighted by Crippen LogP contribution is 2.58. The summed E-state index contributed by atoms with van der Waals surface area (Å²) in [6.45, 7) is 0. The molecule has 262 valence electrons. The zero-order valence-corrected chi connectivity index (χ0v) is 30.3. The number of hydrogen-bond donors (Lipinski definition) is 0. The molecule has 0 amide bonds. The molecular weight excluding hydrogens is 699 g/mol. The minimum Gasteiger partial charge on any atom is -0.208 e. The van der Waals surface area contributed by atoms with E-state index in [0.717, 1.165) is 27.0 Å². The molecule has 2 heterocycles. The van der Waals surface area contributed by atoms with Crippen molar-refractivity contribution in [1.82, 2.24) is 15.0 Å². The second kappa shape index (κ2) is 13.1. The summed E-state index contributed by atoms with van der Waals surface area (Å²) in [5, 5.41) is 2.37. The number of thiophene rings is 1. The first kappa shape index (κ1) is 23.7. The van der Waals surface area contributed by atoms with Crippen LogP contribution in [0, 0.1) is 0 Å². The van der Waals surface area contributed by atoms with Gasteiger partial charge in [-0.2, -0.15) is 0 Å². The molecule has 1 aliphatic rings. The average Bonchev–Trinajstić information content (AvgIpc) is 3.88. The number of benzene rings is 8. The molecule has 0 spiro atoms. The van der Waals surface area contributed by atoms with Gasteiger partial charge in [-0.25, -0.2) is 15.0 Å². The molecule has 0 saturated carbocycles. The molecule has 10 aromatic rings. The minimum atomic E-state index is -2.01. The van der Waals surface area contributed by atoms with Crippen LogP contribution in [0.4, 0.5) is 0 Å². The molecule has 0 N–H and O–H groups in total. The summed E-state index contributed by atoms with van der Waals surface area (Å²) in [6, 6.07) is 38.6. The molecule has 0 aliphatic heterocycles. The molecule has 0 atom stereocenters. The summed E-state index contributed by atoms with van der Waals surface area (Å²) < 4.78 is 92.4. The number of hydrogen-bond acceptors (Lipinski definition) is 4. The van der Waals surface area contributed by atoms with E-state index in [4.69, 9.17) is 23.2 Å². The van der Waals surface area contributed by atoms with Gasteiger partial charge in [0.05, 0.1) is 19.1 Å². The molecule has 11 rings (SSSR count). The third-order valence-electron chi connectivity index (χ3n) is 10.6. The van der Waals surface area contributed by atoms with Gasteiger partial charge < -0.3 is 0 Å². The van der Waals surface area contributed by atoms with Crippen molar-refractivity contribution in [3.8, 4) is 56.4 Å². The third kappa shape index (κ3) is 5.00. The number of nitrogens with zero attached hydrogens (tertiary/aromatic N) is 3. The summed E-state index contributed by atoms with van der Waals surface area (Å²) >= 11 is 1.75. The Hall–Kier alpha value is -7.01. The van der Waals surface area contributed by atoms with E-state index in [0.29, 0.717) is 39.5 Å². The molecule has 0 saturated heterocycles. The summed E-state index contributed by atoms with van der Waals surface area (Å²) in [5.74, 6) is 1.04. The van der Waals surface area contributed by atoms with E-state index in [9.17, 15) is 5.48 Å². The van der Waals surface area contributed by atoms with Gasteiger partial charge in [-0.15, -0.1) is 11.3 Å². The Morgan fingerprint density at radius 2 is 0.982 bits per heavy atom. The topological polar surface area (TPSA) is 38.7 Å². The molecule has 8 aromatic carbocycles. The van der Waals surface area contributed by atoms with Crippen LogP contribution in [0.15, 0.2) is 200 Å². The first-order valence-corrected chi connectivity index (χ1v) is 18.9. The van der Waals surface area contributed by atoms with E-state index >= 15 is 0 Å². The van der Waals surface area contributed by atoms with Crippen LogP contribution < -0.4 is 0 Å². The van der Waals surface area contributed by atoms with Crippen LogP contribution in [0.1, 0.15) is 36.0 Å². The Kier molecular flexibility index (Phi) is 5.54. The van der Waals surface area contributed by atoms with Crippen molar-refractivity contribution < 1.29 is 13.7 Å².